The summed E-state index contributed by atoms with van der Waals surface area (Å²) in [7, 11) is 0. The SMILES string of the molecule is CC12Cc3cnn(-c4ccc(F)cc4)c3C=C1CCCC21OC2CCCC2O1. The van der Waals surface area contributed by atoms with Crippen molar-refractivity contribution in [3.63, 3.8) is 0 Å². The van der Waals surface area contributed by atoms with Crippen LogP contribution in [0.2, 0.25) is 0 Å². The van der Waals surface area contributed by atoms with Crippen molar-refractivity contribution in [2.45, 2.75) is 69.9 Å². The summed E-state index contributed by atoms with van der Waals surface area (Å²) in [6, 6.07) is 6.53. The molecule has 3 unspecified atom stereocenters. The van der Waals surface area contributed by atoms with Crippen LogP contribution in [0.3, 0.4) is 0 Å². The van der Waals surface area contributed by atoms with E-state index in [1.165, 1.54) is 29.7 Å². The topological polar surface area (TPSA) is 36.3 Å². The lowest BCUT2D eigenvalue weighted by Gasteiger charge is -2.51. The number of nitrogens with zero attached hydrogens (tertiary/aromatic N) is 2. The molecule has 2 saturated carbocycles. The molecule has 3 aliphatic carbocycles. The molecule has 3 fully saturated rings. The van der Waals surface area contributed by atoms with Gasteiger partial charge in [0.1, 0.15) is 5.82 Å². The van der Waals surface area contributed by atoms with Gasteiger partial charge in [0, 0.05) is 11.8 Å². The summed E-state index contributed by atoms with van der Waals surface area (Å²) < 4.78 is 28.6. The zero-order valence-electron chi connectivity index (χ0n) is 16.2. The minimum atomic E-state index is -0.498. The Balaban J connectivity index is 1.41. The first-order chi connectivity index (χ1) is 13.6. The molecule has 0 bridgehead atoms. The quantitative estimate of drug-likeness (QED) is 0.713. The van der Waals surface area contributed by atoms with E-state index in [4.69, 9.17) is 9.47 Å². The smallest absolute Gasteiger partial charge is 0.178 e. The second-order valence-corrected chi connectivity index (χ2v) is 8.97. The van der Waals surface area contributed by atoms with Gasteiger partial charge in [-0.3, -0.25) is 0 Å². The zero-order valence-corrected chi connectivity index (χ0v) is 16.2. The van der Waals surface area contributed by atoms with Crippen molar-refractivity contribution in [2.24, 2.45) is 5.41 Å². The summed E-state index contributed by atoms with van der Waals surface area (Å²) in [5.74, 6) is -0.728. The second-order valence-electron chi connectivity index (χ2n) is 8.97. The molecule has 2 heterocycles. The number of benzene rings is 1. The Hall–Kier alpha value is -1.98. The molecule has 1 saturated heterocycles. The standard InChI is InChI=1S/C23H25FN2O2/c1-22-13-15-14-25-26(18-9-7-17(24)8-10-18)19(15)12-16(22)4-3-11-23(22)27-20-5-2-6-21(20)28-23/h7-10,12,14,20-21H,2-6,11,13H2,1H3. The molecule has 0 radical (unpaired) electrons. The first-order valence-corrected chi connectivity index (χ1v) is 10.5. The molecule has 4 aliphatic rings. The summed E-state index contributed by atoms with van der Waals surface area (Å²) in [5.41, 5.74) is 4.45. The third-order valence-corrected chi connectivity index (χ3v) is 7.39. The molecule has 1 spiro atoms. The fourth-order valence-electron chi connectivity index (χ4n) is 5.86. The predicted molar refractivity (Wildman–Crippen MR) is 103 cm³/mol. The van der Waals surface area contributed by atoms with Gasteiger partial charge in [0.25, 0.3) is 0 Å². The van der Waals surface area contributed by atoms with E-state index in [0.717, 1.165) is 49.9 Å². The minimum absolute atomic E-state index is 0.154. The monoisotopic (exact) mass is 380 g/mol. The van der Waals surface area contributed by atoms with Crippen LogP contribution in [0.15, 0.2) is 36.0 Å². The molecule has 0 amide bonds. The molecule has 4 nitrogen and oxygen atoms in total. The van der Waals surface area contributed by atoms with E-state index in [0.29, 0.717) is 0 Å². The van der Waals surface area contributed by atoms with Crippen molar-refractivity contribution in [2.75, 3.05) is 0 Å². The highest BCUT2D eigenvalue weighted by Gasteiger charge is 2.62. The van der Waals surface area contributed by atoms with Gasteiger partial charge in [-0.2, -0.15) is 5.10 Å². The molecular formula is C23H25FN2O2. The van der Waals surface area contributed by atoms with Gasteiger partial charge in [-0.25, -0.2) is 9.07 Å². The maximum absolute atomic E-state index is 13.3. The van der Waals surface area contributed by atoms with Crippen molar-refractivity contribution in [3.8, 4) is 5.69 Å². The molecule has 0 N–H and O–H groups in total. The summed E-state index contributed by atoms with van der Waals surface area (Å²) >= 11 is 0. The molecule has 6 rings (SSSR count). The van der Waals surface area contributed by atoms with Gasteiger partial charge < -0.3 is 9.47 Å². The highest BCUT2D eigenvalue weighted by Crippen LogP contribution is 2.59. The van der Waals surface area contributed by atoms with Crippen molar-refractivity contribution in [1.29, 1.82) is 0 Å². The van der Waals surface area contributed by atoms with Crippen molar-refractivity contribution in [1.82, 2.24) is 9.78 Å². The fraction of sp³-hybridized carbons (Fsp3) is 0.522. The Morgan fingerprint density at radius 3 is 2.61 bits per heavy atom. The van der Waals surface area contributed by atoms with E-state index in [2.05, 4.69) is 18.1 Å². The Labute approximate surface area is 164 Å². The van der Waals surface area contributed by atoms with Crippen LogP contribution in [-0.2, 0) is 15.9 Å². The van der Waals surface area contributed by atoms with Crippen molar-refractivity contribution in [3.05, 3.63) is 53.1 Å². The van der Waals surface area contributed by atoms with Crippen LogP contribution in [0.4, 0.5) is 4.39 Å². The van der Waals surface area contributed by atoms with Crippen LogP contribution >= 0.6 is 0 Å². The van der Waals surface area contributed by atoms with E-state index in [1.807, 2.05) is 10.9 Å². The first kappa shape index (κ1) is 16.9. The third kappa shape index (κ3) is 2.20. The average molecular weight is 380 g/mol. The van der Waals surface area contributed by atoms with Crippen LogP contribution in [0.25, 0.3) is 11.8 Å². The van der Waals surface area contributed by atoms with E-state index in [9.17, 15) is 4.39 Å². The molecule has 1 aliphatic heterocycles. The van der Waals surface area contributed by atoms with E-state index in [-0.39, 0.29) is 23.4 Å². The largest absolute Gasteiger partial charge is 0.343 e. The lowest BCUT2D eigenvalue weighted by atomic mass is 9.62. The van der Waals surface area contributed by atoms with Gasteiger partial charge in [0.15, 0.2) is 5.79 Å². The maximum atomic E-state index is 13.3. The van der Waals surface area contributed by atoms with Crippen LogP contribution in [-0.4, -0.2) is 27.8 Å². The number of hydrogen-bond donors (Lipinski definition) is 0. The Bertz CT molecular complexity index is 951. The van der Waals surface area contributed by atoms with Gasteiger partial charge in [0.2, 0.25) is 0 Å². The minimum Gasteiger partial charge on any atom is -0.343 e. The molecule has 5 heteroatoms. The molecule has 3 atom stereocenters. The molecule has 1 aromatic carbocycles. The summed E-state index contributed by atoms with van der Waals surface area (Å²) in [5, 5.41) is 4.63. The Kier molecular flexibility index (Phi) is 3.49. The lowest BCUT2D eigenvalue weighted by Crippen LogP contribution is -2.53. The van der Waals surface area contributed by atoms with Crippen LogP contribution in [0.1, 0.15) is 56.7 Å². The lowest BCUT2D eigenvalue weighted by molar-refractivity contribution is -0.251. The Morgan fingerprint density at radius 2 is 1.86 bits per heavy atom. The van der Waals surface area contributed by atoms with Gasteiger partial charge in [-0.05, 0) is 74.4 Å². The van der Waals surface area contributed by atoms with Crippen molar-refractivity contribution < 1.29 is 13.9 Å². The van der Waals surface area contributed by atoms with Gasteiger partial charge in [-0.15, -0.1) is 0 Å². The third-order valence-electron chi connectivity index (χ3n) is 7.39. The van der Waals surface area contributed by atoms with E-state index in [1.54, 1.807) is 12.1 Å². The number of hydrogen-bond acceptors (Lipinski definition) is 3. The van der Waals surface area contributed by atoms with Gasteiger partial charge >= 0.3 is 0 Å². The Morgan fingerprint density at radius 1 is 1.11 bits per heavy atom. The highest BCUT2D eigenvalue weighted by molar-refractivity contribution is 5.62. The van der Waals surface area contributed by atoms with Crippen LogP contribution < -0.4 is 0 Å². The van der Waals surface area contributed by atoms with Gasteiger partial charge in [-0.1, -0.05) is 12.5 Å². The number of rotatable bonds is 1. The van der Waals surface area contributed by atoms with E-state index >= 15 is 0 Å². The average Bonchev–Trinajstić information content (AvgIpc) is 3.36. The summed E-state index contributed by atoms with van der Waals surface area (Å²) in [4.78, 5) is 0. The van der Waals surface area contributed by atoms with Crippen LogP contribution in [0.5, 0.6) is 0 Å². The molecule has 2 aromatic rings. The van der Waals surface area contributed by atoms with Crippen molar-refractivity contribution >= 4 is 6.08 Å². The maximum Gasteiger partial charge on any atom is 0.178 e. The second kappa shape index (κ2) is 5.77. The normalized spacial score (nSPS) is 36.1. The summed E-state index contributed by atoms with van der Waals surface area (Å²) in [6.07, 6.45) is 12.2. The highest BCUT2D eigenvalue weighted by atomic mass is 19.1. The number of halogens is 1. The zero-order chi connectivity index (χ0) is 18.9. The van der Waals surface area contributed by atoms with Crippen LogP contribution in [0, 0.1) is 11.2 Å². The molecular weight excluding hydrogens is 355 g/mol. The molecule has 146 valence electrons. The number of fused-ring (bicyclic) bond motifs is 4. The molecule has 1 aromatic heterocycles. The van der Waals surface area contributed by atoms with Gasteiger partial charge in [0.05, 0.1) is 29.8 Å². The number of aromatic nitrogens is 2. The first-order valence-electron chi connectivity index (χ1n) is 10.5. The number of ether oxygens (including phenoxy) is 2. The molecule has 28 heavy (non-hydrogen) atoms. The summed E-state index contributed by atoms with van der Waals surface area (Å²) in [6.45, 7) is 2.32. The predicted octanol–water partition coefficient (Wildman–Crippen LogP) is 4.81. The fourth-order valence-corrected chi connectivity index (χ4v) is 5.86. The van der Waals surface area contributed by atoms with E-state index < -0.39 is 5.79 Å².